The van der Waals surface area contributed by atoms with Gasteiger partial charge in [0.15, 0.2) is 18.9 Å². The van der Waals surface area contributed by atoms with Crippen LogP contribution in [0.15, 0.2) is 134 Å². The number of rotatable bonds is 73. The highest BCUT2D eigenvalue weighted by molar-refractivity contribution is 5.76. The van der Waals surface area contributed by atoms with Crippen LogP contribution in [0.3, 0.4) is 0 Å². The van der Waals surface area contributed by atoms with Crippen molar-refractivity contribution in [1.82, 2.24) is 5.32 Å². The lowest BCUT2D eigenvalue weighted by Crippen LogP contribution is -2.66. The van der Waals surface area contributed by atoms with E-state index in [-0.39, 0.29) is 18.9 Å². The highest BCUT2D eigenvalue weighted by atomic mass is 16.8. The van der Waals surface area contributed by atoms with Crippen molar-refractivity contribution in [3.63, 3.8) is 0 Å². The molecule has 19 nitrogen and oxygen atoms in total. The molecule has 17 atom stereocenters. The average Bonchev–Trinajstić information content (AvgIpc) is 0.779. The second-order valence-electron chi connectivity index (χ2n) is 32.0. The fourth-order valence-electron chi connectivity index (χ4n) is 14.7. The first-order chi connectivity index (χ1) is 56.3. The van der Waals surface area contributed by atoms with Crippen molar-refractivity contribution in [2.75, 3.05) is 26.4 Å². The lowest BCUT2D eigenvalue weighted by molar-refractivity contribution is -0.379. The van der Waals surface area contributed by atoms with E-state index in [1.165, 1.54) is 193 Å². The van der Waals surface area contributed by atoms with Crippen LogP contribution in [0.5, 0.6) is 0 Å². The van der Waals surface area contributed by atoms with Crippen LogP contribution in [0.1, 0.15) is 335 Å². The van der Waals surface area contributed by atoms with Crippen LogP contribution in [0.25, 0.3) is 0 Å². The molecule has 1 amide bonds. The van der Waals surface area contributed by atoms with Gasteiger partial charge in [0.2, 0.25) is 5.91 Å². The van der Waals surface area contributed by atoms with E-state index in [2.05, 4.69) is 141 Å². The summed E-state index contributed by atoms with van der Waals surface area (Å²) in [6.45, 7) is 1.63. The predicted octanol–water partition coefficient (Wildman–Crippen LogP) is 18.0. The maximum absolute atomic E-state index is 13.5. The molecule has 3 aliphatic heterocycles. The lowest BCUT2D eigenvalue weighted by Gasteiger charge is -2.48. The summed E-state index contributed by atoms with van der Waals surface area (Å²) in [5.74, 6) is -0.290. The molecule has 0 aromatic carbocycles. The Labute approximate surface area is 696 Å². The number of aliphatic hydroxyl groups is 11. The van der Waals surface area contributed by atoms with Crippen molar-refractivity contribution >= 4 is 5.91 Å². The van der Waals surface area contributed by atoms with Gasteiger partial charge in [-0.1, -0.05) is 359 Å². The molecule has 3 rings (SSSR count). The molecule has 17 unspecified atom stereocenters. The molecule has 0 spiro atoms. The van der Waals surface area contributed by atoms with E-state index in [1.807, 2.05) is 6.08 Å². The molecule has 0 aliphatic carbocycles. The van der Waals surface area contributed by atoms with Crippen LogP contribution < -0.4 is 5.32 Å². The molecule has 0 aromatic rings. The Balaban J connectivity index is 1.34. The molecule has 3 fully saturated rings. The minimum Gasteiger partial charge on any atom is -0.394 e. The molecule has 0 bridgehead atoms. The summed E-state index contributed by atoms with van der Waals surface area (Å²) >= 11 is 0. The number of unbranched alkanes of at least 4 members (excludes halogenated alkanes) is 37. The van der Waals surface area contributed by atoms with Gasteiger partial charge in [-0.25, -0.2) is 0 Å². The van der Waals surface area contributed by atoms with Crippen molar-refractivity contribution in [2.45, 2.75) is 439 Å². The van der Waals surface area contributed by atoms with Gasteiger partial charge in [0, 0.05) is 6.42 Å². The number of hydrogen-bond donors (Lipinski definition) is 12. The third-order valence-electron chi connectivity index (χ3n) is 21.9. The Kier molecular flexibility index (Phi) is 67.5. The van der Waals surface area contributed by atoms with E-state index in [0.717, 1.165) is 109 Å². The van der Waals surface area contributed by atoms with Gasteiger partial charge in [-0.2, -0.15) is 0 Å². The first kappa shape index (κ1) is 105. The van der Waals surface area contributed by atoms with Gasteiger partial charge in [0.05, 0.1) is 38.6 Å². The molecular weight excluding hydrogens is 1460 g/mol. The van der Waals surface area contributed by atoms with Crippen LogP contribution in [0.4, 0.5) is 0 Å². The van der Waals surface area contributed by atoms with Crippen LogP contribution in [0.2, 0.25) is 0 Å². The average molecular weight is 1620 g/mol. The van der Waals surface area contributed by atoms with Gasteiger partial charge in [0.25, 0.3) is 0 Å². The number of nitrogens with one attached hydrogen (secondary N) is 1. The molecule has 115 heavy (non-hydrogen) atoms. The predicted molar refractivity (Wildman–Crippen MR) is 466 cm³/mol. The Hall–Kier alpha value is -4.07. The number of carbonyl (C=O) groups excluding carboxylic acids is 1. The highest BCUT2D eigenvalue weighted by Crippen LogP contribution is 2.33. The van der Waals surface area contributed by atoms with E-state index in [9.17, 15) is 61.0 Å². The first-order valence-electron chi connectivity index (χ1n) is 45.9. The zero-order valence-electron chi connectivity index (χ0n) is 71.5. The van der Waals surface area contributed by atoms with Crippen molar-refractivity contribution in [1.29, 1.82) is 0 Å². The summed E-state index contributed by atoms with van der Waals surface area (Å²) in [6, 6.07) is -1.00. The zero-order valence-corrected chi connectivity index (χ0v) is 71.5. The normalized spacial score (nSPS) is 25.2. The van der Waals surface area contributed by atoms with E-state index in [1.54, 1.807) is 6.08 Å². The number of amides is 1. The summed E-state index contributed by atoms with van der Waals surface area (Å²) in [5, 5.41) is 121. The van der Waals surface area contributed by atoms with Gasteiger partial charge in [-0.15, -0.1) is 0 Å². The molecule has 662 valence electrons. The van der Waals surface area contributed by atoms with Crippen molar-refractivity contribution in [2.24, 2.45) is 0 Å². The van der Waals surface area contributed by atoms with Gasteiger partial charge < -0.3 is 89.9 Å². The molecule has 19 heteroatoms. The number of aliphatic hydroxyl groups excluding tert-OH is 11. The standard InChI is InChI=1S/C96H165NO18/c1-3-5-7-9-11-13-15-17-19-21-23-25-27-29-31-33-35-36-37-38-39-40-41-42-44-46-48-50-52-54-56-58-60-62-64-66-68-70-72-74-84(102)97-79(80(101)73-71-69-67-65-63-61-59-57-55-53-51-49-47-45-43-34-32-30-28-26-24-22-20-18-16-14-12-10-8-6-4-2)78-110-94-90(108)87(105)92(82(76-99)112-94)115-96-91(109)88(106)93(83(77-100)113-96)114-95-89(107)86(104)85(103)81(75-98)111-95/h5,7,11,13,17,19,23,25,29,31,35-36,38-39,41-42,46,48,63,65,71,73,79-83,85-96,98-101,103-109H,3-4,6,8-10,12,14-16,18,20-22,24,26-28,30,32-34,37,40,43-45,47,49-62,64,66-70,72,74-78H2,1-2H3,(H,97,102)/b7-5-,13-11-,19-17-,25-23-,31-29-,36-35-,39-38-,42-41-,48-46-,65-63+,73-71+. The molecule has 3 aliphatic rings. The zero-order chi connectivity index (χ0) is 83.1. The number of allylic oxidation sites excluding steroid dienone is 21. The third-order valence-corrected chi connectivity index (χ3v) is 21.9. The minimum atomic E-state index is -1.99. The topological polar surface area (TPSA) is 307 Å². The quantitative estimate of drug-likeness (QED) is 0.0199. The maximum atomic E-state index is 13.5. The molecule has 3 heterocycles. The van der Waals surface area contributed by atoms with Crippen LogP contribution in [0, 0.1) is 0 Å². The lowest BCUT2D eigenvalue weighted by atomic mass is 9.96. The number of hydrogen-bond acceptors (Lipinski definition) is 18. The van der Waals surface area contributed by atoms with Crippen molar-refractivity contribution < 1.29 is 89.4 Å². The van der Waals surface area contributed by atoms with E-state index in [0.29, 0.717) is 12.8 Å². The molecule has 0 radical (unpaired) electrons. The van der Waals surface area contributed by atoms with Gasteiger partial charge in [-0.3, -0.25) is 4.79 Å². The van der Waals surface area contributed by atoms with Gasteiger partial charge in [0.1, 0.15) is 73.2 Å². The smallest absolute Gasteiger partial charge is 0.220 e. The molecular formula is C96H165NO18. The van der Waals surface area contributed by atoms with Gasteiger partial charge in [-0.05, 0) is 103 Å². The number of carbonyl (C=O) groups is 1. The van der Waals surface area contributed by atoms with E-state index < -0.39 is 124 Å². The molecule has 3 saturated heterocycles. The largest absolute Gasteiger partial charge is 0.394 e. The summed E-state index contributed by atoms with van der Waals surface area (Å²) in [7, 11) is 0. The summed E-state index contributed by atoms with van der Waals surface area (Å²) in [5.41, 5.74) is 0. The number of ether oxygens (including phenoxy) is 6. The monoisotopic (exact) mass is 1620 g/mol. The highest BCUT2D eigenvalue weighted by Gasteiger charge is 2.54. The first-order valence-corrected chi connectivity index (χ1v) is 45.9. The molecule has 12 N–H and O–H groups in total. The fourth-order valence-corrected chi connectivity index (χ4v) is 14.7. The summed E-state index contributed by atoms with van der Waals surface area (Å²) < 4.78 is 34.5. The van der Waals surface area contributed by atoms with Gasteiger partial charge >= 0.3 is 0 Å². The molecule has 0 saturated carbocycles. The Morgan fingerprint density at radius 2 is 0.609 bits per heavy atom. The second-order valence-corrected chi connectivity index (χ2v) is 32.0. The fraction of sp³-hybridized carbons (Fsp3) is 0.760. The minimum absolute atomic E-state index is 0.224. The Bertz CT molecular complexity index is 2600. The summed E-state index contributed by atoms with van der Waals surface area (Å²) in [4.78, 5) is 13.5. The van der Waals surface area contributed by atoms with Crippen LogP contribution in [-0.2, 0) is 33.2 Å². The van der Waals surface area contributed by atoms with Crippen LogP contribution >= 0.6 is 0 Å². The van der Waals surface area contributed by atoms with Crippen molar-refractivity contribution in [3.8, 4) is 0 Å². The summed E-state index contributed by atoms with van der Waals surface area (Å²) in [6.07, 6.45) is 80.3. The van der Waals surface area contributed by atoms with E-state index in [4.69, 9.17) is 28.4 Å². The maximum Gasteiger partial charge on any atom is 0.220 e. The van der Waals surface area contributed by atoms with E-state index >= 15 is 0 Å². The Morgan fingerprint density at radius 1 is 0.322 bits per heavy atom. The Morgan fingerprint density at radius 3 is 0.974 bits per heavy atom. The SMILES string of the molecule is CC/C=C\C/C=C\C/C=C\C/C=C\C/C=C\C/C=C\C/C=C\C/C=C\C/C=C\CCCCCCCCCCCCCC(=O)NC(COC1OC(CO)C(OC2OC(CO)C(OC3OC(CO)C(O)C(O)C3O)C(O)C2O)C(O)C1O)C(O)/C=C/CC/C=C/CCCCCCCCCCCCCCCCCCCCCCCCCCC. The third kappa shape index (κ3) is 52.0. The second kappa shape index (κ2) is 73.8. The van der Waals surface area contributed by atoms with Crippen LogP contribution in [-0.4, -0.2) is 193 Å². The van der Waals surface area contributed by atoms with Crippen molar-refractivity contribution in [3.05, 3.63) is 134 Å². The molecule has 0 aromatic heterocycles.